The summed E-state index contributed by atoms with van der Waals surface area (Å²) in [5.74, 6) is 0. The monoisotopic (exact) mass is 198 g/mol. The summed E-state index contributed by atoms with van der Waals surface area (Å²) in [4.78, 5) is 0. The van der Waals surface area contributed by atoms with Gasteiger partial charge in [-0.25, -0.2) is 0 Å². The van der Waals surface area contributed by atoms with E-state index in [1.165, 1.54) is 0 Å². The minimum absolute atomic E-state index is 0.316. The van der Waals surface area contributed by atoms with Gasteiger partial charge >= 0.3 is 0 Å². The molecule has 0 fully saturated rings. The van der Waals surface area contributed by atoms with Crippen molar-refractivity contribution in [3.63, 3.8) is 0 Å². The lowest BCUT2D eigenvalue weighted by atomic mass is 9.99. The van der Waals surface area contributed by atoms with Gasteiger partial charge in [-0.2, -0.15) is 5.10 Å². The summed E-state index contributed by atoms with van der Waals surface area (Å²) in [6, 6.07) is 1.82. The standard InChI is InChI=1S/C10H18N2O2/c1-10(2,14-4)7-9(13)8-5-6-11-12(8)3/h5-6,9,13H,7H2,1-4H3. The van der Waals surface area contributed by atoms with E-state index in [-0.39, 0.29) is 5.60 Å². The molecule has 0 spiro atoms. The first-order valence-corrected chi connectivity index (χ1v) is 4.67. The average Bonchev–Trinajstić information content (AvgIpc) is 2.51. The Morgan fingerprint density at radius 2 is 2.29 bits per heavy atom. The topological polar surface area (TPSA) is 47.3 Å². The summed E-state index contributed by atoms with van der Waals surface area (Å²) < 4.78 is 6.93. The minimum atomic E-state index is -0.530. The number of hydrogen-bond donors (Lipinski definition) is 1. The zero-order chi connectivity index (χ0) is 10.8. The molecule has 0 amide bonds. The molecule has 1 atom stereocenters. The summed E-state index contributed by atoms with van der Waals surface area (Å²) in [6.07, 6.45) is 1.71. The van der Waals surface area contributed by atoms with Gasteiger partial charge in [-0.15, -0.1) is 0 Å². The quantitative estimate of drug-likeness (QED) is 0.792. The minimum Gasteiger partial charge on any atom is -0.387 e. The molecule has 1 N–H and O–H groups in total. The van der Waals surface area contributed by atoms with Crippen LogP contribution >= 0.6 is 0 Å². The van der Waals surface area contributed by atoms with E-state index in [9.17, 15) is 5.11 Å². The predicted octanol–water partition coefficient (Wildman–Crippen LogP) is 1.27. The van der Waals surface area contributed by atoms with Crippen LogP contribution in [0.5, 0.6) is 0 Å². The molecule has 14 heavy (non-hydrogen) atoms. The summed E-state index contributed by atoms with van der Waals surface area (Å²) >= 11 is 0. The fourth-order valence-corrected chi connectivity index (χ4v) is 1.36. The van der Waals surface area contributed by atoms with E-state index in [4.69, 9.17) is 4.74 Å². The highest BCUT2D eigenvalue weighted by molar-refractivity contribution is 5.04. The van der Waals surface area contributed by atoms with Gasteiger partial charge < -0.3 is 9.84 Å². The molecule has 0 aromatic carbocycles. The van der Waals surface area contributed by atoms with Crippen molar-refractivity contribution in [3.8, 4) is 0 Å². The van der Waals surface area contributed by atoms with Crippen molar-refractivity contribution >= 4 is 0 Å². The van der Waals surface area contributed by atoms with Crippen LogP contribution in [0.25, 0.3) is 0 Å². The highest BCUT2D eigenvalue weighted by atomic mass is 16.5. The second-order valence-corrected chi connectivity index (χ2v) is 4.06. The van der Waals surface area contributed by atoms with Crippen LogP contribution < -0.4 is 0 Å². The molecule has 0 aliphatic carbocycles. The van der Waals surface area contributed by atoms with Crippen molar-refractivity contribution < 1.29 is 9.84 Å². The first-order chi connectivity index (χ1) is 6.46. The zero-order valence-electron chi connectivity index (χ0n) is 9.19. The lowest BCUT2D eigenvalue weighted by Crippen LogP contribution is -2.26. The Hall–Kier alpha value is -0.870. The Morgan fingerprint density at radius 3 is 2.71 bits per heavy atom. The van der Waals surface area contributed by atoms with Crippen molar-refractivity contribution in [3.05, 3.63) is 18.0 Å². The number of aryl methyl sites for hydroxylation is 1. The number of ether oxygens (including phenoxy) is 1. The molecule has 0 radical (unpaired) electrons. The van der Waals surface area contributed by atoms with E-state index in [0.29, 0.717) is 6.42 Å². The smallest absolute Gasteiger partial charge is 0.0983 e. The molecule has 0 aliphatic heterocycles. The lowest BCUT2D eigenvalue weighted by molar-refractivity contribution is -0.0217. The largest absolute Gasteiger partial charge is 0.387 e. The molecule has 1 heterocycles. The summed E-state index contributed by atoms with van der Waals surface area (Å²) in [7, 11) is 3.47. The fraction of sp³-hybridized carbons (Fsp3) is 0.700. The third-order valence-electron chi connectivity index (χ3n) is 2.44. The molecule has 0 saturated carbocycles. The normalized spacial score (nSPS) is 14.4. The van der Waals surface area contributed by atoms with E-state index in [1.54, 1.807) is 18.0 Å². The fourth-order valence-electron chi connectivity index (χ4n) is 1.36. The Morgan fingerprint density at radius 1 is 1.64 bits per heavy atom. The zero-order valence-corrected chi connectivity index (χ0v) is 9.19. The van der Waals surface area contributed by atoms with Gasteiger partial charge in [0.05, 0.1) is 17.4 Å². The summed E-state index contributed by atoms with van der Waals surface area (Å²) in [5, 5.41) is 13.9. The maximum atomic E-state index is 9.92. The van der Waals surface area contributed by atoms with Crippen LogP contribution in [0.3, 0.4) is 0 Å². The van der Waals surface area contributed by atoms with Gasteiger partial charge in [-0.3, -0.25) is 4.68 Å². The number of hydrogen-bond acceptors (Lipinski definition) is 3. The van der Waals surface area contributed by atoms with Crippen molar-refractivity contribution in [1.29, 1.82) is 0 Å². The van der Waals surface area contributed by atoms with Crippen LogP contribution in [0.1, 0.15) is 32.1 Å². The molecule has 4 nitrogen and oxygen atoms in total. The summed E-state index contributed by atoms with van der Waals surface area (Å²) in [6.45, 7) is 3.90. The van der Waals surface area contributed by atoms with Crippen molar-refractivity contribution in [2.24, 2.45) is 7.05 Å². The highest BCUT2D eigenvalue weighted by Gasteiger charge is 2.23. The van der Waals surface area contributed by atoms with Gasteiger partial charge in [0.1, 0.15) is 0 Å². The van der Waals surface area contributed by atoms with Crippen LogP contribution in [-0.4, -0.2) is 27.6 Å². The Bertz CT molecular complexity index is 294. The number of aliphatic hydroxyl groups excluding tert-OH is 1. The summed E-state index contributed by atoms with van der Waals surface area (Å²) in [5.41, 5.74) is 0.499. The van der Waals surface area contributed by atoms with Gasteiger partial charge in [0, 0.05) is 26.8 Å². The number of nitrogens with zero attached hydrogens (tertiary/aromatic N) is 2. The van der Waals surface area contributed by atoms with Crippen LogP contribution in [0.2, 0.25) is 0 Å². The molecule has 0 aliphatic rings. The van der Waals surface area contributed by atoms with Gasteiger partial charge in [-0.05, 0) is 19.9 Å². The molecule has 1 rings (SSSR count). The Kier molecular flexibility index (Phi) is 3.29. The van der Waals surface area contributed by atoms with Crippen LogP contribution in [0.4, 0.5) is 0 Å². The van der Waals surface area contributed by atoms with E-state index in [1.807, 2.05) is 27.0 Å². The number of rotatable bonds is 4. The molecule has 1 unspecified atom stereocenters. The molecule has 0 saturated heterocycles. The highest BCUT2D eigenvalue weighted by Crippen LogP contribution is 2.24. The molecule has 1 aromatic heterocycles. The van der Waals surface area contributed by atoms with Crippen molar-refractivity contribution in [1.82, 2.24) is 9.78 Å². The maximum Gasteiger partial charge on any atom is 0.0983 e. The van der Waals surface area contributed by atoms with Gasteiger partial charge in [-0.1, -0.05) is 0 Å². The van der Waals surface area contributed by atoms with Gasteiger partial charge in [0.2, 0.25) is 0 Å². The third-order valence-corrected chi connectivity index (χ3v) is 2.44. The molecule has 1 aromatic rings. The number of aromatic nitrogens is 2. The van der Waals surface area contributed by atoms with Crippen LogP contribution in [-0.2, 0) is 11.8 Å². The lowest BCUT2D eigenvalue weighted by Gasteiger charge is -2.25. The van der Waals surface area contributed by atoms with Crippen molar-refractivity contribution in [2.75, 3.05) is 7.11 Å². The van der Waals surface area contributed by atoms with E-state index < -0.39 is 6.10 Å². The van der Waals surface area contributed by atoms with Gasteiger partial charge in [0.25, 0.3) is 0 Å². The molecule has 4 heteroatoms. The molecular weight excluding hydrogens is 180 g/mol. The SMILES string of the molecule is COC(C)(C)CC(O)c1ccnn1C. The maximum absolute atomic E-state index is 9.92. The number of methoxy groups -OCH3 is 1. The first kappa shape index (κ1) is 11.2. The second-order valence-electron chi connectivity index (χ2n) is 4.06. The molecular formula is C10H18N2O2. The Labute approximate surface area is 84.5 Å². The van der Waals surface area contributed by atoms with E-state index in [0.717, 1.165) is 5.69 Å². The van der Waals surface area contributed by atoms with Crippen LogP contribution in [0.15, 0.2) is 12.3 Å². The van der Waals surface area contributed by atoms with E-state index >= 15 is 0 Å². The Balaban J connectivity index is 2.68. The second kappa shape index (κ2) is 4.11. The third kappa shape index (κ3) is 2.56. The molecule has 80 valence electrons. The predicted molar refractivity (Wildman–Crippen MR) is 53.9 cm³/mol. The molecule has 0 bridgehead atoms. The first-order valence-electron chi connectivity index (χ1n) is 4.67. The number of aliphatic hydroxyl groups is 1. The van der Waals surface area contributed by atoms with Crippen molar-refractivity contribution in [2.45, 2.75) is 32.0 Å². The van der Waals surface area contributed by atoms with Crippen LogP contribution in [0, 0.1) is 0 Å². The van der Waals surface area contributed by atoms with E-state index in [2.05, 4.69) is 5.10 Å². The van der Waals surface area contributed by atoms with Gasteiger partial charge in [0.15, 0.2) is 0 Å². The average molecular weight is 198 g/mol.